The van der Waals surface area contributed by atoms with Gasteiger partial charge in [0.05, 0.1) is 37.4 Å². The van der Waals surface area contributed by atoms with Crippen molar-refractivity contribution in [1.29, 1.82) is 0 Å². The number of carbonyl (C=O) groups is 1. The van der Waals surface area contributed by atoms with Gasteiger partial charge in [0.15, 0.2) is 0 Å². The molecule has 3 aromatic rings. The molecule has 4 rings (SSSR count). The lowest BCUT2D eigenvalue weighted by Crippen LogP contribution is -2.29. The molecule has 1 aromatic heterocycles. The predicted molar refractivity (Wildman–Crippen MR) is 123 cm³/mol. The number of nitrogens with one attached hydrogen (secondary N) is 2. The van der Waals surface area contributed by atoms with Crippen molar-refractivity contribution < 1.29 is 18.7 Å². The summed E-state index contributed by atoms with van der Waals surface area (Å²) >= 11 is 0. The molecular formula is C23H26ClFN4O3. The minimum Gasteiger partial charge on any atom is -0.497 e. The fourth-order valence-electron chi connectivity index (χ4n) is 3.91. The molecule has 1 fully saturated rings. The zero-order chi connectivity index (χ0) is 21.8. The molecule has 170 valence electrons. The first-order valence-electron chi connectivity index (χ1n) is 10.2. The van der Waals surface area contributed by atoms with Crippen LogP contribution in [-0.2, 0) is 0 Å². The van der Waals surface area contributed by atoms with Gasteiger partial charge in [0.25, 0.3) is 5.91 Å². The second kappa shape index (κ2) is 10.5. The maximum absolute atomic E-state index is 13.9. The number of piperidine rings is 1. The summed E-state index contributed by atoms with van der Waals surface area (Å²) in [5.74, 6) is 0.644. The Morgan fingerprint density at radius 3 is 2.44 bits per heavy atom. The van der Waals surface area contributed by atoms with Gasteiger partial charge in [0.2, 0.25) is 0 Å². The van der Waals surface area contributed by atoms with E-state index in [1.165, 1.54) is 12.1 Å². The van der Waals surface area contributed by atoms with Crippen LogP contribution in [0.3, 0.4) is 0 Å². The Labute approximate surface area is 192 Å². The average molecular weight is 461 g/mol. The number of halogens is 2. The van der Waals surface area contributed by atoms with E-state index in [-0.39, 0.29) is 30.0 Å². The highest BCUT2D eigenvalue weighted by molar-refractivity contribution is 6.05. The Hall–Kier alpha value is -3.10. The van der Waals surface area contributed by atoms with Crippen LogP contribution in [0.15, 0.2) is 48.7 Å². The second-order valence-corrected chi connectivity index (χ2v) is 7.41. The van der Waals surface area contributed by atoms with Gasteiger partial charge in [-0.3, -0.25) is 4.79 Å². The van der Waals surface area contributed by atoms with Gasteiger partial charge in [-0.2, -0.15) is 5.10 Å². The normalized spacial score (nSPS) is 13.8. The third-order valence-corrected chi connectivity index (χ3v) is 5.44. The number of hydrogen-bond acceptors (Lipinski definition) is 5. The lowest BCUT2D eigenvalue weighted by molar-refractivity contribution is 0.102. The fraction of sp³-hybridized carbons (Fsp3) is 0.304. The van der Waals surface area contributed by atoms with E-state index < -0.39 is 0 Å². The van der Waals surface area contributed by atoms with Crippen molar-refractivity contribution in [2.45, 2.75) is 18.8 Å². The van der Waals surface area contributed by atoms with E-state index in [0.29, 0.717) is 28.4 Å². The number of amides is 1. The standard InChI is InChI=1S/C23H25FN4O3.ClH/c1-30-19-11-17(12-20(13-19)31-2)27-23(29)21-14-26-28(18-5-3-4-16(24)10-18)22(21)15-6-8-25-9-7-15;/h3-5,10-15,25H,6-9H2,1-2H3,(H,27,29);1H. The third-order valence-electron chi connectivity index (χ3n) is 5.44. The van der Waals surface area contributed by atoms with Crippen molar-refractivity contribution in [2.75, 3.05) is 32.6 Å². The number of methoxy groups -OCH3 is 2. The molecule has 1 amide bonds. The molecule has 2 heterocycles. The Kier molecular flexibility index (Phi) is 7.71. The molecule has 7 nitrogen and oxygen atoms in total. The van der Waals surface area contributed by atoms with Crippen LogP contribution in [0.25, 0.3) is 5.69 Å². The maximum Gasteiger partial charge on any atom is 0.259 e. The summed E-state index contributed by atoms with van der Waals surface area (Å²) in [6.45, 7) is 1.71. The third kappa shape index (κ3) is 5.03. The van der Waals surface area contributed by atoms with E-state index in [1.54, 1.807) is 55.4 Å². The number of aromatic nitrogens is 2. The molecule has 0 bridgehead atoms. The maximum atomic E-state index is 13.9. The number of nitrogens with zero attached hydrogens (tertiary/aromatic N) is 2. The molecule has 2 aromatic carbocycles. The minimum absolute atomic E-state index is 0. The van der Waals surface area contributed by atoms with Crippen LogP contribution in [0.2, 0.25) is 0 Å². The number of hydrogen-bond donors (Lipinski definition) is 2. The Bertz CT molecular complexity index is 1060. The van der Waals surface area contributed by atoms with E-state index in [0.717, 1.165) is 31.6 Å². The molecule has 1 aliphatic heterocycles. The highest BCUT2D eigenvalue weighted by Gasteiger charge is 2.27. The van der Waals surface area contributed by atoms with Crippen LogP contribution < -0.4 is 20.1 Å². The number of ether oxygens (including phenoxy) is 2. The van der Waals surface area contributed by atoms with E-state index >= 15 is 0 Å². The summed E-state index contributed by atoms with van der Waals surface area (Å²) in [6, 6.07) is 11.4. The molecule has 0 aliphatic carbocycles. The summed E-state index contributed by atoms with van der Waals surface area (Å²) in [5, 5.41) is 10.7. The summed E-state index contributed by atoms with van der Waals surface area (Å²) in [6.07, 6.45) is 3.29. The number of rotatable bonds is 6. The second-order valence-electron chi connectivity index (χ2n) is 7.41. The Morgan fingerprint density at radius 2 is 1.81 bits per heavy atom. The van der Waals surface area contributed by atoms with Crippen molar-refractivity contribution in [3.63, 3.8) is 0 Å². The first-order valence-corrected chi connectivity index (χ1v) is 10.2. The van der Waals surface area contributed by atoms with Crippen LogP contribution in [0.4, 0.5) is 10.1 Å². The van der Waals surface area contributed by atoms with Gasteiger partial charge < -0.3 is 20.1 Å². The predicted octanol–water partition coefficient (Wildman–Crippen LogP) is 4.17. The largest absolute Gasteiger partial charge is 0.497 e. The highest BCUT2D eigenvalue weighted by Crippen LogP contribution is 2.32. The molecule has 32 heavy (non-hydrogen) atoms. The molecule has 0 radical (unpaired) electrons. The molecule has 1 saturated heterocycles. The molecule has 1 aliphatic rings. The molecule has 0 atom stereocenters. The molecule has 0 saturated carbocycles. The SMILES string of the molecule is COc1cc(NC(=O)c2cnn(-c3cccc(F)c3)c2C2CCNCC2)cc(OC)c1.Cl. The van der Waals surface area contributed by atoms with Crippen LogP contribution in [-0.4, -0.2) is 43.0 Å². The van der Waals surface area contributed by atoms with Crippen LogP contribution >= 0.6 is 12.4 Å². The summed E-state index contributed by atoms with van der Waals surface area (Å²) in [4.78, 5) is 13.3. The lowest BCUT2D eigenvalue weighted by Gasteiger charge is -2.24. The fourth-order valence-corrected chi connectivity index (χ4v) is 3.91. The Balaban J connectivity index is 0.00000289. The van der Waals surface area contributed by atoms with Gasteiger partial charge in [-0.15, -0.1) is 12.4 Å². The average Bonchev–Trinajstić information content (AvgIpc) is 3.25. The zero-order valence-corrected chi connectivity index (χ0v) is 18.7. The molecular weight excluding hydrogens is 435 g/mol. The van der Waals surface area contributed by atoms with Crippen molar-refractivity contribution in [2.24, 2.45) is 0 Å². The van der Waals surface area contributed by atoms with Gasteiger partial charge >= 0.3 is 0 Å². The van der Waals surface area contributed by atoms with Crippen molar-refractivity contribution in [1.82, 2.24) is 15.1 Å². The molecule has 2 N–H and O–H groups in total. The summed E-state index contributed by atoms with van der Waals surface area (Å²) in [5.41, 5.74) is 2.41. The molecule has 9 heteroatoms. The van der Waals surface area contributed by atoms with E-state index in [2.05, 4.69) is 15.7 Å². The minimum atomic E-state index is -0.348. The highest BCUT2D eigenvalue weighted by atomic mass is 35.5. The van der Waals surface area contributed by atoms with Gasteiger partial charge in [-0.05, 0) is 44.1 Å². The topological polar surface area (TPSA) is 77.4 Å². The van der Waals surface area contributed by atoms with Gasteiger partial charge in [0.1, 0.15) is 17.3 Å². The van der Waals surface area contributed by atoms with Crippen LogP contribution in [0, 0.1) is 5.82 Å². The van der Waals surface area contributed by atoms with Crippen molar-refractivity contribution >= 4 is 24.0 Å². The number of benzene rings is 2. The lowest BCUT2D eigenvalue weighted by atomic mass is 9.91. The number of carbonyl (C=O) groups excluding carboxylic acids is 1. The molecule has 0 unspecified atom stereocenters. The first-order chi connectivity index (χ1) is 15.1. The van der Waals surface area contributed by atoms with E-state index in [4.69, 9.17) is 9.47 Å². The van der Waals surface area contributed by atoms with Gasteiger partial charge in [-0.1, -0.05) is 6.07 Å². The van der Waals surface area contributed by atoms with E-state index in [1.807, 2.05) is 0 Å². The van der Waals surface area contributed by atoms with Crippen molar-refractivity contribution in [3.05, 3.63) is 65.7 Å². The summed E-state index contributed by atoms with van der Waals surface area (Å²) < 4.78 is 26.1. The first kappa shape index (κ1) is 23.6. The van der Waals surface area contributed by atoms with Crippen molar-refractivity contribution in [3.8, 4) is 17.2 Å². The number of anilines is 1. The Morgan fingerprint density at radius 1 is 1.12 bits per heavy atom. The van der Waals surface area contributed by atoms with Gasteiger partial charge in [0, 0.05) is 29.8 Å². The quantitative estimate of drug-likeness (QED) is 0.577. The summed E-state index contributed by atoms with van der Waals surface area (Å²) in [7, 11) is 3.11. The smallest absolute Gasteiger partial charge is 0.259 e. The van der Waals surface area contributed by atoms with Crippen LogP contribution in [0.1, 0.15) is 34.8 Å². The molecule has 0 spiro atoms. The van der Waals surface area contributed by atoms with Crippen LogP contribution in [0.5, 0.6) is 11.5 Å². The van der Waals surface area contributed by atoms with E-state index in [9.17, 15) is 9.18 Å². The zero-order valence-electron chi connectivity index (χ0n) is 17.9. The monoisotopic (exact) mass is 460 g/mol. The van der Waals surface area contributed by atoms with Gasteiger partial charge in [-0.25, -0.2) is 9.07 Å².